The molecule has 0 rings (SSSR count). The van der Waals surface area contributed by atoms with Crippen LogP contribution in [0.3, 0.4) is 0 Å². The van der Waals surface area contributed by atoms with Crippen molar-refractivity contribution in [3.8, 4) is 12.3 Å². The van der Waals surface area contributed by atoms with Crippen molar-refractivity contribution in [1.29, 1.82) is 0 Å². The van der Waals surface area contributed by atoms with Crippen LogP contribution >= 0.6 is 11.8 Å². The lowest BCUT2D eigenvalue weighted by Crippen LogP contribution is -2.48. The van der Waals surface area contributed by atoms with Crippen molar-refractivity contribution in [2.45, 2.75) is 57.4 Å². The lowest BCUT2D eigenvalue weighted by Gasteiger charge is -2.20. The van der Waals surface area contributed by atoms with Crippen molar-refractivity contribution in [3.63, 3.8) is 0 Å². The van der Waals surface area contributed by atoms with Gasteiger partial charge in [-0.1, -0.05) is 44.9 Å². The maximum absolute atomic E-state index is 11.8. The second kappa shape index (κ2) is 11.2. The summed E-state index contributed by atoms with van der Waals surface area (Å²) in [6, 6.07) is 0. The van der Waals surface area contributed by atoms with Gasteiger partial charge < -0.3 is 10.5 Å². The van der Waals surface area contributed by atoms with Gasteiger partial charge in [-0.15, -0.1) is 6.42 Å². The molecule has 0 saturated carbocycles. The molecule has 1 unspecified atom stereocenters. The highest BCUT2D eigenvalue weighted by molar-refractivity contribution is 7.98. The maximum Gasteiger partial charge on any atom is 0.338 e. The Kier molecular flexibility index (Phi) is 10.8. The van der Waals surface area contributed by atoms with Gasteiger partial charge in [0.25, 0.3) is 0 Å². The number of thioether (sulfide) groups is 1. The second-order valence-corrected chi connectivity index (χ2v) is 5.75. The summed E-state index contributed by atoms with van der Waals surface area (Å²) in [4.78, 5) is 11.8. The van der Waals surface area contributed by atoms with Gasteiger partial charge in [-0.3, -0.25) is 0 Å². The van der Waals surface area contributed by atoms with Crippen LogP contribution in [0.1, 0.15) is 51.9 Å². The molecule has 1 atom stereocenters. The van der Waals surface area contributed by atoms with Gasteiger partial charge in [0, 0.05) is 0 Å². The summed E-state index contributed by atoms with van der Waals surface area (Å²) in [7, 11) is 0. The van der Waals surface area contributed by atoms with Crippen molar-refractivity contribution in [2.75, 3.05) is 18.6 Å². The molecule has 0 aliphatic rings. The summed E-state index contributed by atoms with van der Waals surface area (Å²) in [6.07, 6.45) is 14.7. The van der Waals surface area contributed by atoms with E-state index in [2.05, 4.69) is 12.8 Å². The van der Waals surface area contributed by atoms with E-state index in [1.807, 2.05) is 6.26 Å². The first kappa shape index (κ1) is 18.3. The molecule has 110 valence electrons. The highest BCUT2D eigenvalue weighted by Gasteiger charge is 2.32. The van der Waals surface area contributed by atoms with E-state index in [9.17, 15) is 4.79 Å². The molecule has 4 heteroatoms. The molecule has 2 N–H and O–H groups in total. The van der Waals surface area contributed by atoms with E-state index in [0.29, 0.717) is 13.0 Å². The molecule has 3 nitrogen and oxygen atoms in total. The van der Waals surface area contributed by atoms with Gasteiger partial charge in [-0.05, 0) is 24.9 Å². The largest absolute Gasteiger partial charge is 0.464 e. The molecule has 0 bridgehead atoms. The Balaban J connectivity index is 3.80. The first-order valence-electron chi connectivity index (χ1n) is 7.03. The highest BCUT2D eigenvalue weighted by atomic mass is 32.2. The quantitative estimate of drug-likeness (QED) is 0.360. The van der Waals surface area contributed by atoms with Crippen molar-refractivity contribution in [1.82, 2.24) is 0 Å². The minimum Gasteiger partial charge on any atom is -0.464 e. The number of hydrogen-bond donors (Lipinski definition) is 1. The van der Waals surface area contributed by atoms with Gasteiger partial charge in [-0.2, -0.15) is 11.8 Å². The number of nitrogens with two attached hydrogens (primary N) is 1. The fraction of sp³-hybridized carbons (Fsp3) is 0.800. The molecule has 0 aromatic rings. The Morgan fingerprint density at radius 2 is 1.95 bits per heavy atom. The molecular weight excluding hydrogens is 258 g/mol. The summed E-state index contributed by atoms with van der Waals surface area (Å²) < 4.78 is 5.19. The number of ether oxygens (including phenoxy) is 1. The minimum absolute atomic E-state index is 0.421. The summed E-state index contributed by atoms with van der Waals surface area (Å²) in [5.74, 6) is 2.67. The summed E-state index contributed by atoms with van der Waals surface area (Å²) in [5.41, 5.74) is 4.62. The molecule has 0 saturated heterocycles. The fourth-order valence-corrected chi connectivity index (χ4v) is 2.20. The zero-order valence-electron chi connectivity index (χ0n) is 12.2. The van der Waals surface area contributed by atoms with Gasteiger partial charge in [0.1, 0.15) is 0 Å². The van der Waals surface area contributed by atoms with Gasteiger partial charge in [-0.25, -0.2) is 4.79 Å². The zero-order valence-corrected chi connectivity index (χ0v) is 13.1. The molecule has 0 heterocycles. The Morgan fingerprint density at radius 3 is 2.53 bits per heavy atom. The standard InChI is InChI=1S/C15H27NO2S/c1-4-6-7-8-9-10-12-18-14(17)15(16,5-2)11-13-19-3/h2H,4,6-13,16H2,1,3H3. The van der Waals surface area contributed by atoms with Gasteiger partial charge in [0.15, 0.2) is 5.54 Å². The van der Waals surface area contributed by atoms with Crippen molar-refractivity contribution in [3.05, 3.63) is 0 Å². The van der Waals surface area contributed by atoms with Crippen LogP contribution in [0.25, 0.3) is 0 Å². The predicted molar refractivity (Wildman–Crippen MR) is 83.1 cm³/mol. The van der Waals surface area contributed by atoms with Gasteiger partial charge in [0.2, 0.25) is 0 Å². The van der Waals surface area contributed by atoms with Crippen LogP contribution in [0.2, 0.25) is 0 Å². The van der Waals surface area contributed by atoms with Crippen LogP contribution in [0.4, 0.5) is 0 Å². The molecule has 0 radical (unpaired) electrons. The van der Waals surface area contributed by atoms with Crippen LogP contribution < -0.4 is 5.73 Å². The molecule has 0 aliphatic carbocycles. The summed E-state index contributed by atoms with van der Waals surface area (Å²) in [5, 5.41) is 0. The zero-order chi connectivity index (χ0) is 14.6. The Bertz CT molecular complexity index is 288. The van der Waals surface area contributed by atoms with E-state index >= 15 is 0 Å². The van der Waals surface area contributed by atoms with E-state index in [1.54, 1.807) is 11.8 Å². The second-order valence-electron chi connectivity index (χ2n) is 4.76. The van der Waals surface area contributed by atoms with Gasteiger partial charge >= 0.3 is 5.97 Å². The smallest absolute Gasteiger partial charge is 0.338 e. The molecule has 0 aromatic heterocycles. The average Bonchev–Trinajstić information content (AvgIpc) is 2.43. The minimum atomic E-state index is -1.26. The predicted octanol–water partition coefficient (Wildman–Crippen LogP) is 2.97. The number of terminal acetylenes is 1. The van der Waals surface area contributed by atoms with Crippen LogP contribution in [-0.2, 0) is 9.53 Å². The molecule has 0 spiro atoms. The number of carbonyl (C=O) groups excluding carboxylic acids is 1. The van der Waals surface area contributed by atoms with Crippen LogP contribution in [0.15, 0.2) is 0 Å². The SMILES string of the molecule is C#CC(N)(CCSC)C(=O)OCCCCCCCC. The summed E-state index contributed by atoms with van der Waals surface area (Å²) >= 11 is 1.62. The van der Waals surface area contributed by atoms with E-state index < -0.39 is 11.5 Å². The van der Waals surface area contributed by atoms with Crippen LogP contribution in [-0.4, -0.2) is 30.1 Å². The average molecular weight is 285 g/mol. The Hall–Kier alpha value is -0.660. The number of carbonyl (C=O) groups is 1. The van der Waals surface area contributed by atoms with Crippen LogP contribution in [0.5, 0.6) is 0 Å². The molecule has 0 aromatic carbocycles. The lowest BCUT2D eigenvalue weighted by atomic mass is 9.99. The topological polar surface area (TPSA) is 52.3 Å². The van der Waals surface area contributed by atoms with E-state index in [-0.39, 0.29) is 0 Å². The van der Waals surface area contributed by atoms with E-state index in [0.717, 1.165) is 18.6 Å². The molecule has 0 fully saturated rings. The first-order chi connectivity index (χ1) is 9.10. The molecule has 0 aliphatic heterocycles. The monoisotopic (exact) mass is 285 g/mol. The van der Waals surface area contributed by atoms with Crippen molar-refractivity contribution in [2.24, 2.45) is 5.73 Å². The normalized spacial score (nSPS) is 13.6. The third kappa shape index (κ3) is 8.18. The number of hydrogen-bond acceptors (Lipinski definition) is 4. The Morgan fingerprint density at radius 1 is 1.32 bits per heavy atom. The first-order valence-corrected chi connectivity index (χ1v) is 8.43. The number of unbranched alkanes of at least 4 members (excludes halogenated alkanes) is 5. The third-order valence-corrected chi connectivity index (χ3v) is 3.67. The Labute approximate surface area is 122 Å². The number of rotatable bonds is 11. The van der Waals surface area contributed by atoms with Crippen molar-refractivity contribution >= 4 is 17.7 Å². The van der Waals surface area contributed by atoms with Crippen molar-refractivity contribution < 1.29 is 9.53 Å². The van der Waals surface area contributed by atoms with Gasteiger partial charge in [0.05, 0.1) is 6.61 Å². The lowest BCUT2D eigenvalue weighted by molar-refractivity contribution is -0.148. The molecular formula is C15H27NO2S. The van der Waals surface area contributed by atoms with E-state index in [4.69, 9.17) is 16.9 Å². The molecule has 19 heavy (non-hydrogen) atoms. The fourth-order valence-electron chi connectivity index (χ4n) is 1.67. The summed E-state index contributed by atoms with van der Waals surface area (Å²) in [6.45, 7) is 2.61. The third-order valence-electron chi connectivity index (χ3n) is 3.05. The number of esters is 1. The molecule has 0 amide bonds. The maximum atomic E-state index is 11.8. The highest BCUT2D eigenvalue weighted by Crippen LogP contribution is 2.12. The van der Waals surface area contributed by atoms with E-state index in [1.165, 1.54) is 25.7 Å². The van der Waals surface area contributed by atoms with Crippen LogP contribution in [0, 0.1) is 12.3 Å².